The number of hydrogen-bond acceptors (Lipinski definition) is 2. The van der Waals surface area contributed by atoms with E-state index < -0.39 is 11.7 Å². The van der Waals surface area contributed by atoms with Crippen molar-refractivity contribution < 1.29 is 13.2 Å². The minimum absolute atomic E-state index is 0.211. The molecule has 2 rings (SSSR count). The smallest absolute Gasteiger partial charge is 0.326 e. The molecule has 0 radical (unpaired) electrons. The molecule has 0 saturated carbocycles. The Labute approximate surface area is 121 Å². The van der Waals surface area contributed by atoms with Crippen molar-refractivity contribution in [2.45, 2.75) is 39.4 Å². The summed E-state index contributed by atoms with van der Waals surface area (Å²) in [6.07, 6.45) is 1.14. The van der Waals surface area contributed by atoms with Gasteiger partial charge in [-0.3, -0.25) is 0 Å². The minimum atomic E-state index is -4.35. The molecule has 1 N–H and O–H groups in total. The summed E-state index contributed by atoms with van der Waals surface area (Å²) in [7, 11) is 0. The number of nitrogens with one attached hydrogen (secondary N) is 1. The van der Waals surface area contributed by atoms with Crippen LogP contribution < -0.4 is 5.32 Å². The van der Waals surface area contributed by atoms with Crippen LogP contribution in [0.5, 0.6) is 0 Å². The van der Waals surface area contributed by atoms with Crippen LogP contribution in [0, 0.1) is 6.92 Å². The minimum Gasteiger partial charge on any atom is -0.326 e. The lowest BCUT2D eigenvalue weighted by Gasteiger charge is -2.14. The number of halogens is 3. The molecule has 1 heterocycles. The zero-order valence-corrected chi connectivity index (χ0v) is 12.0. The third kappa shape index (κ3) is 3.77. The molecule has 0 spiro atoms. The van der Waals surface area contributed by atoms with Crippen LogP contribution in [-0.2, 0) is 12.7 Å². The summed E-state index contributed by atoms with van der Waals surface area (Å²) in [5.41, 5.74) is -0.0292. The summed E-state index contributed by atoms with van der Waals surface area (Å²) >= 11 is 0. The average Bonchev–Trinajstić information content (AvgIpc) is 2.84. The summed E-state index contributed by atoms with van der Waals surface area (Å²) in [5, 5.41) is 2.95. The summed E-state index contributed by atoms with van der Waals surface area (Å²) in [5.74, 6) is 0.556. The van der Waals surface area contributed by atoms with Gasteiger partial charge in [-0.1, -0.05) is 19.4 Å². The topological polar surface area (TPSA) is 29.9 Å². The van der Waals surface area contributed by atoms with Crippen LogP contribution in [0.3, 0.4) is 0 Å². The van der Waals surface area contributed by atoms with Crippen molar-refractivity contribution in [1.82, 2.24) is 9.55 Å². The highest BCUT2D eigenvalue weighted by atomic mass is 19.4. The van der Waals surface area contributed by atoms with E-state index in [1.165, 1.54) is 13.0 Å². The monoisotopic (exact) mass is 297 g/mol. The van der Waals surface area contributed by atoms with Crippen LogP contribution in [0.15, 0.2) is 30.6 Å². The maximum Gasteiger partial charge on any atom is 0.416 e. The first-order valence-corrected chi connectivity index (χ1v) is 6.88. The number of alkyl halides is 3. The van der Waals surface area contributed by atoms with Crippen molar-refractivity contribution >= 4 is 11.6 Å². The Morgan fingerprint density at radius 1 is 1.29 bits per heavy atom. The largest absolute Gasteiger partial charge is 0.416 e. The second-order valence-electron chi connectivity index (χ2n) is 4.95. The standard InChI is InChI=1S/C15H18F3N3/c1-3-4-8-21-9-7-19-14(21)20-12-6-5-11(2)13(10-12)15(16,17)18/h5-7,9-10H,3-4,8H2,1-2H3,(H,19,20). The number of unbranched alkanes of at least 4 members (excludes halogenated alkanes) is 1. The van der Waals surface area contributed by atoms with E-state index >= 15 is 0 Å². The van der Waals surface area contributed by atoms with E-state index in [4.69, 9.17) is 0 Å². The van der Waals surface area contributed by atoms with Gasteiger partial charge in [0.25, 0.3) is 0 Å². The lowest BCUT2D eigenvalue weighted by molar-refractivity contribution is -0.138. The summed E-state index contributed by atoms with van der Waals surface area (Å²) in [6, 6.07) is 4.21. The fraction of sp³-hybridized carbons (Fsp3) is 0.400. The van der Waals surface area contributed by atoms with Crippen LogP contribution in [0.1, 0.15) is 30.9 Å². The van der Waals surface area contributed by atoms with Crippen LogP contribution in [0.25, 0.3) is 0 Å². The van der Waals surface area contributed by atoms with E-state index in [1.54, 1.807) is 12.3 Å². The predicted octanol–water partition coefficient (Wildman–Crippen LogP) is 4.75. The van der Waals surface area contributed by atoms with E-state index in [1.807, 2.05) is 10.8 Å². The molecular formula is C15H18F3N3. The maximum atomic E-state index is 12.9. The molecule has 0 aliphatic rings. The van der Waals surface area contributed by atoms with E-state index in [0.29, 0.717) is 11.6 Å². The Morgan fingerprint density at radius 3 is 2.71 bits per heavy atom. The quantitative estimate of drug-likeness (QED) is 0.862. The average molecular weight is 297 g/mol. The number of imidazole rings is 1. The molecule has 1 aromatic heterocycles. The van der Waals surface area contributed by atoms with E-state index in [2.05, 4.69) is 17.2 Å². The molecule has 0 bridgehead atoms. The van der Waals surface area contributed by atoms with Crippen molar-refractivity contribution in [1.29, 1.82) is 0 Å². The molecule has 3 nitrogen and oxygen atoms in total. The summed E-state index contributed by atoms with van der Waals surface area (Å²) in [6.45, 7) is 4.32. The lowest BCUT2D eigenvalue weighted by Crippen LogP contribution is -2.09. The first-order chi connectivity index (χ1) is 9.91. The zero-order valence-electron chi connectivity index (χ0n) is 12.0. The molecule has 0 aliphatic heterocycles. The second-order valence-corrected chi connectivity index (χ2v) is 4.95. The molecule has 0 saturated heterocycles. The Morgan fingerprint density at radius 2 is 2.05 bits per heavy atom. The molecule has 0 aliphatic carbocycles. The summed E-state index contributed by atoms with van der Waals surface area (Å²) in [4.78, 5) is 4.15. The SMILES string of the molecule is CCCCn1ccnc1Nc1ccc(C)c(C(F)(F)F)c1. The van der Waals surface area contributed by atoms with E-state index in [-0.39, 0.29) is 5.56 Å². The number of benzene rings is 1. The van der Waals surface area contributed by atoms with Gasteiger partial charge in [0.2, 0.25) is 5.95 Å². The Kier molecular flexibility index (Phi) is 4.55. The molecule has 0 atom stereocenters. The highest BCUT2D eigenvalue weighted by molar-refractivity contribution is 5.56. The number of aryl methyl sites for hydroxylation is 2. The van der Waals surface area contributed by atoms with Gasteiger partial charge >= 0.3 is 6.18 Å². The predicted molar refractivity (Wildman–Crippen MR) is 76.6 cm³/mol. The van der Waals surface area contributed by atoms with Gasteiger partial charge in [-0.05, 0) is 31.0 Å². The van der Waals surface area contributed by atoms with Gasteiger partial charge in [0.15, 0.2) is 0 Å². The van der Waals surface area contributed by atoms with Gasteiger partial charge in [0, 0.05) is 24.6 Å². The zero-order chi connectivity index (χ0) is 15.5. The number of anilines is 2. The van der Waals surface area contributed by atoms with Gasteiger partial charge in [-0.15, -0.1) is 0 Å². The second kappa shape index (κ2) is 6.20. The van der Waals surface area contributed by atoms with Crippen LogP contribution in [0.4, 0.5) is 24.8 Å². The maximum absolute atomic E-state index is 12.9. The number of hydrogen-bond donors (Lipinski definition) is 1. The van der Waals surface area contributed by atoms with Gasteiger partial charge in [-0.2, -0.15) is 13.2 Å². The highest BCUT2D eigenvalue weighted by Gasteiger charge is 2.32. The van der Waals surface area contributed by atoms with Crippen LogP contribution in [-0.4, -0.2) is 9.55 Å². The molecule has 1 aromatic carbocycles. The number of aromatic nitrogens is 2. The molecule has 0 unspecified atom stereocenters. The van der Waals surface area contributed by atoms with Crippen molar-refractivity contribution in [3.63, 3.8) is 0 Å². The van der Waals surface area contributed by atoms with Gasteiger partial charge in [-0.25, -0.2) is 4.98 Å². The van der Waals surface area contributed by atoms with Crippen LogP contribution >= 0.6 is 0 Å². The normalized spacial score (nSPS) is 11.7. The van der Waals surface area contributed by atoms with Crippen molar-refractivity contribution in [2.75, 3.05) is 5.32 Å². The fourth-order valence-corrected chi connectivity index (χ4v) is 2.08. The Balaban J connectivity index is 2.22. The lowest BCUT2D eigenvalue weighted by atomic mass is 10.1. The molecule has 114 valence electrons. The number of nitrogens with zero attached hydrogens (tertiary/aromatic N) is 2. The van der Waals surface area contributed by atoms with E-state index in [0.717, 1.165) is 25.5 Å². The molecular weight excluding hydrogens is 279 g/mol. The van der Waals surface area contributed by atoms with Gasteiger partial charge in [0.1, 0.15) is 0 Å². The van der Waals surface area contributed by atoms with Gasteiger partial charge < -0.3 is 9.88 Å². The van der Waals surface area contributed by atoms with Crippen molar-refractivity contribution in [3.05, 3.63) is 41.7 Å². The fourth-order valence-electron chi connectivity index (χ4n) is 2.08. The Bertz CT molecular complexity index is 602. The van der Waals surface area contributed by atoms with E-state index in [9.17, 15) is 13.2 Å². The third-order valence-corrected chi connectivity index (χ3v) is 3.27. The molecule has 0 amide bonds. The van der Waals surface area contributed by atoms with Crippen molar-refractivity contribution in [2.24, 2.45) is 0 Å². The Hall–Kier alpha value is -1.98. The molecule has 21 heavy (non-hydrogen) atoms. The summed E-state index contributed by atoms with van der Waals surface area (Å²) < 4.78 is 40.6. The third-order valence-electron chi connectivity index (χ3n) is 3.27. The molecule has 6 heteroatoms. The first kappa shape index (κ1) is 15.4. The van der Waals surface area contributed by atoms with Crippen LogP contribution in [0.2, 0.25) is 0 Å². The molecule has 2 aromatic rings. The number of rotatable bonds is 5. The van der Waals surface area contributed by atoms with Crippen molar-refractivity contribution in [3.8, 4) is 0 Å². The first-order valence-electron chi connectivity index (χ1n) is 6.88. The molecule has 0 fully saturated rings. The van der Waals surface area contributed by atoms with Gasteiger partial charge in [0.05, 0.1) is 5.56 Å². The highest BCUT2D eigenvalue weighted by Crippen LogP contribution is 2.33.